The van der Waals surface area contributed by atoms with E-state index in [1.165, 1.54) is 25.4 Å². The minimum atomic E-state index is -0.970. The Kier molecular flexibility index (Phi) is 6.73. The Hall–Kier alpha value is -6.01. The van der Waals surface area contributed by atoms with Crippen molar-refractivity contribution in [1.29, 1.82) is 0 Å². The number of benzene rings is 4. The number of nitrogens with zero attached hydrogens (tertiary/aromatic N) is 6. The Morgan fingerprint density at radius 3 is 1.85 bits per heavy atom. The zero-order valence-electron chi connectivity index (χ0n) is 25.0. The summed E-state index contributed by atoms with van der Waals surface area (Å²) in [5.41, 5.74) is 0.508. The van der Waals surface area contributed by atoms with E-state index in [0.29, 0.717) is 27.1 Å². The predicted octanol–water partition coefficient (Wildman–Crippen LogP) is 4.50. The fourth-order valence-electron chi connectivity index (χ4n) is 6.47. The van der Waals surface area contributed by atoms with Gasteiger partial charge in [-0.1, -0.05) is 115 Å². The van der Waals surface area contributed by atoms with Gasteiger partial charge < -0.3 is 0 Å². The van der Waals surface area contributed by atoms with Crippen LogP contribution in [-0.4, -0.2) is 33.3 Å². The van der Waals surface area contributed by atoms with Crippen LogP contribution in [0.15, 0.2) is 141 Å². The zero-order chi connectivity index (χ0) is 32.2. The summed E-state index contributed by atoms with van der Waals surface area (Å²) in [6, 6.07) is 34.6. The van der Waals surface area contributed by atoms with Crippen molar-refractivity contribution in [3.8, 4) is 26.9 Å². The molecule has 0 aliphatic carbocycles. The quantitative estimate of drug-likeness (QED) is 0.287. The summed E-state index contributed by atoms with van der Waals surface area (Å²) in [7, 11) is 0. The Morgan fingerprint density at radius 1 is 0.681 bits per heavy atom. The van der Waals surface area contributed by atoms with Gasteiger partial charge in [-0.3, -0.25) is 0 Å². The lowest BCUT2D eigenvalue weighted by atomic mass is 9.86. The maximum absolute atomic E-state index is 14.5. The largest absolute Gasteiger partial charge is 0.357 e. The van der Waals surface area contributed by atoms with Crippen molar-refractivity contribution in [2.24, 2.45) is 0 Å². The van der Waals surface area contributed by atoms with E-state index < -0.39 is 40.8 Å². The lowest BCUT2D eigenvalue weighted by Gasteiger charge is -2.36. The molecule has 0 saturated heterocycles. The number of thiazole rings is 1. The monoisotopic (exact) mass is 641 g/mol. The van der Waals surface area contributed by atoms with Crippen molar-refractivity contribution in [3.05, 3.63) is 175 Å². The van der Waals surface area contributed by atoms with E-state index in [-0.39, 0.29) is 0 Å². The second kappa shape index (κ2) is 11.1. The van der Waals surface area contributed by atoms with Crippen LogP contribution < -0.4 is 22.8 Å². The molecule has 8 rings (SSSR count). The fourth-order valence-corrected chi connectivity index (χ4v) is 7.58. The van der Waals surface area contributed by atoms with E-state index in [2.05, 4.69) is 5.10 Å². The summed E-state index contributed by atoms with van der Waals surface area (Å²) in [5, 5.41) is 3.77. The van der Waals surface area contributed by atoms with Crippen molar-refractivity contribution >= 4 is 11.3 Å². The molecule has 0 spiro atoms. The highest BCUT2D eigenvalue weighted by molar-refractivity contribution is 7.17. The van der Waals surface area contributed by atoms with Gasteiger partial charge in [0, 0.05) is 11.5 Å². The zero-order valence-corrected chi connectivity index (χ0v) is 25.8. The highest BCUT2D eigenvalue weighted by atomic mass is 32.1. The van der Waals surface area contributed by atoms with Gasteiger partial charge in [0.15, 0.2) is 0 Å². The second-order valence-electron chi connectivity index (χ2n) is 11.3. The number of hydrogen-bond donors (Lipinski definition) is 1. The topological polar surface area (TPSA) is 122 Å². The van der Waals surface area contributed by atoms with Gasteiger partial charge >= 0.3 is 22.8 Å². The number of fused-ring (bicyclic) bond motifs is 3. The van der Waals surface area contributed by atoms with E-state index in [9.17, 15) is 19.2 Å². The normalized spacial score (nSPS) is 16.0. The molecule has 0 amide bonds. The number of hydrogen-bond acceptors (Lipinski definition) is 6. The summed E-state index contributed by atoms with van der Waals surface area (Å²) >= 11 is 1.25. The van der Waals surface area contributed by atoms with E-state index in [1.54, 1.807) is 54.6 Å². The summed E-state index contributed by atoms with van der Waals surface area (Å²) in [4.78, 5) is 61.7. The molecular formula is C35H27N7O4S. The highest BCUT2D eigenvalue weighted by Crippen LogP contribution is 2.46. The number of H-pyrrole nitrogens is 1. The summed E-state index contributed by atoms with van der Waals surface area (Å²) in [6.07, 6.45) is 0. The van der Waals surface area contributed by atoms with Gasteiger partial charge in [0.05, 0.1) is 17.4 Å². The van der Waals surface area contributed by atoms with Crippen LogP contribution in [0.25, 0.3) is 26.9 Å². The minimum Gasteiger partial charge on any atom is -0.246 e. The van der Waals surface area contributed by atoms with Gasteiger partial charge in [-0.05, 0) is 29.8 Å². The van der Waals surface area contributed by atoms with Gasteiger partial charge in [0.1, 0.15) is 21.7 Å². The summed E-state index contributed by atoms with van der Waals surface area (Å²) < 4.78 is 6.27. The van der Waals surface area contributed by atoms with E-state index in [0.717, 1.165) is 20.3 Å². The van der Waals surface area contributed by atoms with Crippen molar-refractivity contribution in [1.82, 2.24) is 33.3 Å². The first-order chi connectivity index (χ1) is 22.9. The molecule has 4 heterocycles. The highest BCUT2D eigenvalue weighted by Gasteiger charge is 2.45. The van der Waals surface area contributed by atoms with Crippen LogP contribution in [0.4, 0.5) is 0 Å². The average Bonchev–Trinajstić information content (AvgIpc) is 3.76. The number of rotatable bonds is 6. The Bertz CT molecular complexity index is 2470. The van der Waals surface area contributed by atoms with Gasteiger partial charge in [0.25, 0.3) is 0 Å². The average molecular weight is 642 g/mol. The Labute approximate surface area is 270 Å². The molecule has 0 saturated carbocycles. The molecule has 0 fully saturated rings. The third-order valence-electron chi connectivity index (χ3n) is 8.67. The first-order valence-electron chi connectivity index (χ1n) is 15.1. The molecule has 7 aromatic rings. The summed E-state index contributed by atoms with van der Waals surface area (Å²) in [6.45, 7) is 1.95. The van der Waals surface area contributed by atoms with Crippen molar-refractivity contribution < 1.29 is 0 Å². The number of aromatic nitrogens is 7. The van der Waals surface area contributed by atoms with Crippen LogP contribution >= 0.6 is 11.3 Å². The molecule has 0 bridgehead atoms. The molecule has 47 heavy (non-hydrogen) atoms. The molecule has 3 atom stereocenters. The van der Waals surface area contributed by atoms with E-state index >= 15 is 0 Å². The predicted molar refractivity (Wildman–Crippen MR) is 179 cm³/mol. The van der Waals surface area contributed by atoms with E-state index in [4.69, 9.17) is 4.98 Å². The van der Waals surface area contributed by atoms with Gasteiger partial charge in [-0.15, -0.1) is 0 Å². The van der Waals surface area contributed by atoms with Crippen LogP contribution in [0.1, 0.15) is 36.2 Å². The minimum absolute atomic E-state index is 0.391. The number of para-hydroxylation sites is 2. The first-order valence-corrected chi connectivity index (χ1v) is 15.9. The van der Waals surface area contributed by atoms with Crippen molar-refractivity contribution in [3.63, 3.8) is 0 Å². The van der Waals surface area contributed by atoms with Crippen LogP contribution in [0, 0.1) is 0 Å². The number of aromatic amines is 1. The van der Waals surface area contributed by atoms with Gasteiger partial charge in [-0.2, -0.15) is 4.68 Å². The third-order valence-corrected chi connectivity index (χ3v) is 9.77. The molecule has 0 radical (unpaired) electrons. The lowest BCUT2D eigenvalue weighted by molar-refractivity contribution is 0.239. The molecular weight excluding hydrogens is 614 g/mol. The van der Waals surface area contributed by atoms with Crippen LogP contribution in [0.3, 0.4) is 0 Å². The van der Waals surface area contributed by atoms with Gasteiger partial charge in [-0.25, -0.2) is 47.8 Å². The third kappa shape index (κ3) is 4.44. The van der Waals surface area contributed by atoms with E-state index in [1.807, 2.05) is 73.7 Å². The molecule has 3 aromatic heterocycles. The van der Waals surface area contributed by atoms with Crippen LogP contribution in [0.5, 0.6) is 0 Å². The van der Waals surface area contributed by atoms with Crippen LogP contribution in [0.2, 0.25) is 0 Å². The van der Waals surface area contributed by atoms with Crippen molar-refractivity contribution in [2.45, 2.75) is 24.9 Å². The first kappa shape index (κ1) is 28.5. The Balaban J connectivity index is 1.47. The Morgan fingerprint density at radius 2 is 1.23 bits per heavy atom. The van der Waals surface area contributed by atoms with Crippen LogP contribution in [-0.2, 0) is 0 Å². The molecule has 1 N–H and O–H groups in total. The fraction of sp³-hybridized carbons (Fsp3) is 0.114. The molecule has 11 nitrogen and oxygen atoms in total. The molecule has 232 valence electrons. The molecule has 12 heteroatoms. The standard InChI is InChI=1S/C35H27N7O4S/c1-22(23-14-6-2-7-15-23)28-29(40-33(44)38(32(43)37-40)25-18-10-4-11-19-25)27-31(47-30(36-27)24-16-8-3-9-17-24)42-35(46)39(34(45)41(28)42)26-20-12-5-13-21-26/h2-22,28-29H,1H3,(H,37,43)/t22-,28-,29+/m0/s1. The maximum Gasteiger partial charge on any atom is 0.357 e. The molecule has 1 aliphatic rings. The summed E-state index contributed by atoms with van der Waals surface area (Å²) in [5.74, 6) is -0.429. The molecule has 0 unspecified atom stereocenters. The van der Waals surface area contributed by atoms with Gasteiger partial charge in [0.2, 0.25) is 0 Å². The molecule has 1 aliphatic heterocycles. The lowest BCUT2D eigenvalue weighted by Crippen LogP contribution is -2.44. The second-order valence-corrected chi connectivity index (χ2v) is 12.3. The SMILES string of the molecule is C[C@@H](c1ccccc1)[C@H]1[C@H](n2[nH]c(=O)n(-c3ccccc3)c2=O)c2nc(-c3ccccc3)sc2-n2c(=O)n(-c3ccccc3)c(=O)n21. The maximum atomic E-state index is 14.5. The molecule has 4 aromatic carbocycles. The van der Waals surface area contributed by atoms with Crippen molar-refractivity contribution in [2.75, 3.05) is 0 Å². The number of nitrogens with one attached hydrogen (secondary N) is 1. The smallest absolute Gasteiger partial charge is 0.246 e.